The third-order valence-electron chi connectivity index (χ3n) is 3.64. The minimum absolute atomic E-state index is 0.0645. The number of primary amides is 1. The molecule has 3 aromatic rings. The van der Waals surface area contributed by atoms with E-state index in [1.54, 1.807) is 10.8 Å². The molecule has 3 amide bonds. The van der Waals surface area contributed by atoms with Gasteiger partial charge in [0.15, 0.2) is 0 Å². The molecule has 1 heterocycles. The molecule has 7 nitrogen and oxygen atoms in total. The molecule has 8 heteroatoms. The van der Waals surface area contributed by atoms with Crippen LogP contribution in [0.25, 0.3) is 10.9 Å². The highest BCUT2D eigenvalue weighted by Crippen LogP contribution is 2.20. The van der Waals surface area contributed by atoms with Gasteiger partial charge in [0.1, 0.15) is 12.4 Å². The van der Waals surface area contributed by atoms with Crippen LogP contribution >= 0.6 is 0 Å². The van der Waals surface area contributed by atoms with E-state index in [0.29, 0.717) is 5.69 Å². The Hall–Kier alpha value is -3.68. The number of hydrogen-bond acceptors (Lipinski definition) is 3. The molecule has 0 aliphatic heterocycles. The van der Waals surface area contributed by atoms with E-state index in [9.17, 15) is 14.0 Å². The third-order valence-corrected chi connectivity index (χ3v) is 3.64. The standard InChI is InChI=1S/C18H16FN5O2/c19-13-5-7-14(8-6-13)22-17(25)11-24-10-12(9-21-23-18(20)26)15-3-1-2-4-16(15)24/h1-10H,11H2,(H,22,25)(H3,20,23,26)/b21-9+. The van der Waals surface area contributed by atoms with Crippen LogP contribution in [-0.2, 0) is 11.3 Å². The van der Waals surface area contributed by atoms with Crippen molar-refractivity contribution in [3.63, 3.8) is 0 Å². The number of amides is 3. The molecule has 1 aromatic heterocycles. The van der Waals surface area contributed by atoms with Gasteiger partial charge in [0.25, 0.3) is 0 Å². The van der Waals surface area contributed by atoms with Crippen molar-refractivity contribution in [2.45, 2.75) is 6.54 Å². The van der Waals surface area contributed by atoms with Crippen LogP contribution in [-0.4, -0.2) is 22.7 Å². The Balaban J connectivity index is 1.80. The first-order chi connectivity index (χ1) is 12.5. The van der Waals surface area contributed by atoms with Gasteiger partial charge in [-0.1, -0.05) is 18.2 Å². The summed E-state index contributed by atoms with van der Waals surface area (Å²) in [5.41, 5.74) is 9.19. The molecule has 0 radical (unpaired) electrons. The number of benzene rings is 2. The lowest BCUT2D eigenvalue weighted by molar-refractivity contribution is -0.116. The highest BCUT2D eigenvalue weighted by molar-refractivity contribution is 6.00. The Morgan fingerprint density at radius 3 is 2.62 bits per heavy atom. The number of carbonyl (C=O) groups is 2. The van der Waals surface area contributed by atoms with Gasteiger partial charge in [0, 0.05) is 28.4 Å². The number of hydrazone groups is 1. The van der Waals surface area contributed by atoms with Crippen LogP contribution in [0.4, 0.5) is 14.9 Å². The molecule has 0 saturated carbocycles. The molecular formula is C18H16FN5O2. The molecule has 2 aromatic carbocycles. The number of aromatic nitrogens is 1. The third kappa shape index (κ3) is 4.04. The molecule has 4 N–H and O–H groups in total. The zero-order valence-corrected chi connectivity index (χ0v) is 13.6. The number of nitrogens with zero attached hydrogens (tertiary/aromatic N) is 2. The van der Waals surface area contributed by atoms with Crippen molar-refractivity contribution in [3.05, 3.63) is 66.1 Å². The van der Waals surface area contributed by atoms with Crippen LogP contribution < -0.4 is 16.5 Å². The van der Waals surface area contributed by atoms with E-state index in [2.05, 4.69) is 15.8 Å². The Bertz CT molecular complexity index is 979. The molecule has 26 heavy (non-hydrogen) atoms. The number of nitrogens with one attached hydrogen (secondary N) is 2. The number of carbonyl (C=O) groups excluding carboxylic acids is 2. The molecule has 0 aliphatic carbocycles. The number of anilines is 1. The molecule has 0 aliphatic rings. The zero-order valence-electron chi connectivity index (χ0n) is 13.6. The van der Waals surface area contributed by atoms with Crippen molar-refractivity contribution >= 4 is 34.7 Å². The van der Waals surface area contributed by atoms with E-state index in [4.69, 9.17) is 5.73 Å². The highest BCUT2D eigenvalue weighted by atomic mass is 19.1. The van der Waals surface area contributed by atoms with Gasteiger partial charge in [-0.2, -0.15) is 5.10 Å². The number of hydrogen-bond donors (Lipinski definition) is 3. The second kappa shape index (κ2) is 7.47. The lowest BCUT2D eigenvalue weighted by Crippen LogP contribution is -2.24. The van der Waals surface area contributed by atoms with Crippen molar-refractivity contribution in [1.82, 2.24) is 9.99 Å². The molecule has 0 spiro atoms. The SMILES string of the molecule is NC(=O)N/N=C/c1cn(CC(=O)Nc2ccc(F)cc2)c2ccccc12. The van der Waals surface area contributed by atoms with Gasteiger partial charge in [0.2, 0.25) is 5.91 Å². The summed E-state index contributed by atoms with van der Waals surface area (Å²) in [6.07, 6.45) is 3.21. The van der Waals surface area contributed by atoms with Gasteiger partial charge in [-0.25, -0.2) is 14.6 Å². The minimum atomic E-state index is -0.760. The van der Waals surface area contributed by atoms with Crippen LogP contribution in [0.1, 0.15) is 5.56 Å². The summed E-state index contributed by atoms with van der Waals surface area (Å²) >= 11 is 0. The largest absolute Gasteiger partial charge is 0.350 e. The fourth-order valence-corrected chi connectivity index (χ4v) is 2.56. The maximum absolute atomic E-state index is 12.9. The maximum Gasteiger partial charge on any atom is 0.332 e. The summed E-state index contributed by atoms with van der Waals surface area (Å²) in [6, 6.07) is 12.3. The van der Waals surface area contributed by atoms with Crippen LogP contribution in [0.5, 0.6) is 0 Å². The van der Waals surface area contributed by atoms with Gasteiger partial charge in [-0.05, 0) is 30.3 Å². The Morgan fingerprint density at radius 1 is 1.15 bits per heavy atom. The Labute approximate surface area is 148 Å². The highest BCUT2D eigenvalue weighted by Gasteiger charge is 2.10. The number of urea groups is 1. The second-order valence-electron chi connectivity index (χ2n) is 5.52. The van der Waals surface area contributed by atoms with Gasteiger partial charge >= 0.3 is 6.03 Å². The van der Waals surface area contributed by atoms with E-state index in [-0.39, 0.29) is 18.3 Å². The van der Waals surface area contributed by atoms with Gasteiger partial charge in [-0.15, -0.1) is 0 Å². The van der Waals surface area contributed by atoms with Crippen molar-refractivity contribution in [2.75, 3.05) is 5.32 Å². The normalized spacial score (nSPS) is 11.0. The summed E-state index contributed by atoms with van der Waals surface area (Å²) in [4.78, 5) is 23.0. The van der Waals surface area contributed by atoms with E-state index in [1.807, 2.05) is 24.3 Å². The van der Waals surface area contributed by atoms with Crippen molar-refractivity contribution < 1.29 is 14.0 Å². The van der Waals surface area contributed by atoms with E-state index in [1.165, 1.54) is 30.5 Å². The fourth-order valence-electron chi connectivity index (χ4n) is 2.56. The summed E-state index contributed by atoms with van der Waals surface area (Å²) < 4.78 is 14.7. The molecule has 0 atom stereocenters. The first kappa shape index (κ1) is 17.2. The number of rotatable bonds is 5. The van der Waals surface area contributed by atoms with Crippen LogP contribution in [0.2, 0.25) is 0 Å². The van der Waals surface area contributed by atoms with Crippen molar-refractivity contribution in [2.24, 2.45) is 10.8 Å². The maximum atomic E-state index is 12.9. The molecule has 3 rings (SSSR count). The van der Waals surface area contributed by atoms with Crippen molar-refractivity contribution in [1.29, 1.82) is 0 Å². The average Bonchev–Trinajstić information content (AvgIpc) is 2.95. The molecule has 0 bridgehead atoms. The second-order valence-corrected chi connectivity index (χ2v) is 5.52. The average molecular weight is 353 g/mol. The smallest absolute Gasteiger partial charge is 0.332 e. The van der Waals surface area contributed by atoms with Crippen LogP contribution in [0.3, 0.4) is 0 Å². The molecular weight excluding hydrogens is 337 g/mol. The molecule has 0 unspecified atom stereocenters. The number of nitrogens with two attached hydrogens (primary N) is 1. The molecule has 132 valence electrons. The number of halogens is 1. The lowest BCUT2D eigenvalue weighted by Gasteiger charge is -2.07. The Kier molecular flexibility index (Phi) is 4.93. The van der Waals surface area contributed by atoms with E-state index in [0.717, 1.165) is 16.5 Å². The lowest BCUT2D eigenvalue weighted by atomic mass is 10.2. The molecule has 0 saturated heterocycles. The van der Waals surface area contributed by atoms with Gasteiger partial charge < -0.3 is 15.6 Å². The Morgan fingerprint density at radius 2 is 1.88 bits per heavy atom. The summed E-state index contributed by atoms with van der Waals surface area (Å²) in [6.45, 7) is 0.0645. The first-order valence-electron chi connectivity index (χ1n) is 7.75. The number of fused-ring (bicyclic) bond motifs is 1. The monoisotopic (exact) mass is 353 g/mol. The van der Waals surface area contributed by atoms with Crippen LogP contribution in [0.15, 0.2) is 59.8 Å². The summed E-state index contributed by atoms with van der Waals surface area (Å²) in [5, 5.41) is 7.35. The predicted octanol–water partition coefficient (Wildman–Crippen LogP) is 2.42. The summed E-state index contributed by atoms with van der Waals surface area (Å²) in [5.74, 6) is -0.621. The van der Waals surface area contributed by atoms with Crippen molar-refractivity contribution in [3.8, 4) is 0 Å². The van der Waals surface area contributed by atoms with E-state index < -0.39 is 6.03 Å². The minimum Gasteiger partial charge on any atom is -0.350 e. The first-order valence-corrected chi connectivity index (χ1v) is 7.75. The summed E-state index contributed by atoms with van der Waals surface area (Å²) in [7, 11) is 0. The number of para-hydroxylation sites is 1. The topological polar surface area (TPSA) is 102 Å². The van der Waals surface area contributed by atoms with Crippen LogP contribution in [0, 0.1) is 5.82 Å². The molecule has 0 fully saturated rings. The predicted molar refractivity (Wildman–Crippen MR) is 97.3 cm³/mol. The zero-order chi connectivity index (χ0) is 18.5. The quantitative estimate of drug-likeness (QED) is 0.484. The van der Waals surface area contributed by atoms with E-state index >= 15 is 0 Å². The van der Waals surface area contributed by atoms with Gasteiger partial charge in [-0.3, -0.25) is 4.79 Å². The van der Waals surface area contributed by atoms with Gasteiger partial charge in [0.05, 0.1) is 6.21 Å². The fraction of sp³-hybridized carbons (Fsp3) is 0.0556.